The molecule has 1 fully saturated rings. The highest BCUT2D eigenvalue weighted by molar-refractivity contribution is 14.0. The molecule has 9 heteroatoms. The number of aromatic amines is 1. The minimum Gasteiger partial charge on any atom is -0.356 e. The Labute approximate surface area is 166 Å². The molecule has 1 aromatic heterocycles. The Kier molecular flexibility index (Phi) is 9.76. The molecular formula is C16H30IN7O. The van der Waals surface area contributed by atoms with Crippen molar-refractivity contribution in [2.45, 2.75) is 38.5 Å². The lowest BCUT2D eigenvalue weighted by atomic mass is 9.96. The van der Waals surface area contributed by atoms with E-state index < -0.39 is 0 Å². The summed E-state index contributed by atoms with van der Waals surface area (Å²) in [5, 5.41) is 10.3. The van der Waals surface area contributed by atoms with E-state index in [1.165, 1.54) is 0 Å². The number of hydrogen-bond donors (Lipinski definition) is 2. The van der Waals surface area contributed by atoms with Gasteiger partial charge in [-0.2, -0.15) is 5.10 Å². The Morgan fingerprint density at radius 1 is 1.44 bits per heavy atom. The first-order valence-corrected chi connectivity index (χ1v) is 8.70. The van der Waals surface area contributed by atoms with E-state index in [1.54, 1.807) is 25.3 Å². The van der Waals surface area contributed by atoms with E-state index in [2.05, 4.69) is 37.3 Å². The third-order valence-electron chi connectivity index (χ3n) is 4.29. The van der Waals surface area contributed by atoms with E-state index >= 15 is 0 Å². The smallest absolute Gasteiger partial charge is 0.243 e. The number of carbonyl (C=O) groups excluding carboxylic acids is 1. The Hall–Kier alpha value is -1.39. The number of likely N-dealkylation sites (tertiary alicyclic amines) is 1. The molecule has 1 amide bonds. The molecule has 0 saturated carbocycles. The molecule has 1 aliphatic heterocycles. The maximum absolute atomic E-state index is 11.8. The number of aromatic nitrogens is 3. The van der Waals surface area contributed by atoms with Crippen LogP contribution in [-0.2, 0) is 4.79 Å². The van der Waals surface area contributed by atoms with Crippen molar-refractivity contribution < 1.29 is 4.79 Å². The van der Waals surface area contributed by atoms with Crippen LogP contribution in [0.15, 0.2) is 11.3 Å². The molecule has 1 aliphatic rings. The second-order valence-electron chi connectivity index (χ2n) is 6.34. The molecule has 0 aliphatic carbocycles. The van der Waals surface area contributed by atoms with Gasteiger partial charge in [-0.3, -0.25) is 9.89 Å². The fourth-order valence-electron chi connectivity index (χ4n) is 2.70. The number of unbranched alkanes of at least 4 members (excludes halogenated alkanes) is 1. The molecule has 0 radical (unpaired) electrons. The number of amides is 1. The zero-order chi connectivity index (χ0) is 17.4. The van der Waals surface area contributed by atoms with E-state index in [9.17, 15) is 4.79 Å². The van der Waals surface area contributed by atoms with Crippen LogP contribution in [0.2, 0.25) is 0 Å². The van der Waals surface area contributed by atoms with Gasteiger partial charge < -0.3 is 15.1 Å². The number of halogens is 1. The SMILES string of the molecule is CCCCNC(=NCC(=O)N(C)C)N1CCC(c2ncn[nH]2)CC1.I. The first-order chi connectivity index (χ1) is 11.6. The van der Waals surface area contributed by atoms with Gasteiger partial charge in [-0.1, -0.05) is 13.3 Å². The van der Waals surface area contributed by atoms with Crippen molar-refractivity contribution in [3.63, 3.8) is 0 Å². The maximum atomic E-state index is 11.8. The number of carbonyl (C=O) groups is 1. The molecule has 1 aromatic rings. The van der Waals surface area contributed by atoms with Crippen molar-refractivity contribution in [1.82, 2.24) is 30.3 Å². The number of H-pyrrole nitrogens is 1. The number of piperidine rings is 1. The van der Waals surface area contributed by atoms with Crippen LogP contribution in [0.3, 0.4) is 0 Å². The van der Waals surface area contributed by atoms with E-state index in [0.717, 1.165) is 57.1 Å². The number of likely N-dealkylation sites (N-methyl/N-ethyl adjacent to an activating group) is 1. The minimum absolute atomic E-state index is 0. The molecule has 142 valence electrons. The monoisotopic (exact) mass is 463 g/mol. The fraction of sp³-hybridized carbons (Fsp3) is 0.750. The van der Waals surface area contributed by atoms with Crippen molar-refractivity contribution in [1.29, 1.82) is 0 Å². The summed E-state index contributed by atoms with van der Waals surface area (Å²) in [6.07, 6.45) is 5.80. The van der Waals surface area contributed by atoms with Crippen LogP contribution in [0.1, 0.15) is 44.3 Å². The van der Waals surface area contributed by atoms with Gasteiger partial charge in [0.25, 0.3) is 0 Å². The number of guanidine groups is 1. The third kappa shape index (κ3) is 6.79. The van der Waals surface area contributed by atoms with Gasteiger partial charge in [0, 0.05) is 39.6 Å². The minimum atomic E-state index is 0. The zero-order valence-corrected chi connectivity index (χ0v) is 17.7. The number of hydrogen-bond acceptors (Lipinski definition) is 4. The summed E-state index contributed by atoms with van der Waals surface area (Å²) in [7, 11) is 3.51. The second kappa shape index (κ2) is 11.3. The van der Waals surface area contributed by atoms with Crippen LogP contribution in [0.5, 0.6) is 0 Å². The molecule has 0 unspecified atom stereocenters. The van der Waals surface area contributed by atoms with Crippen molar-refractivity contribution in [3.8, 4) is 0 Å². The highest BCUT2D eigenvalue weighted by Gasteiger charge is 2.24. The predicted octanol–water partition coefficient (Wildman–Crippen LogP) is 1.44. The zero-order valence-electron chi connectivity index (χ0n) is 15.4. The average molecular weight is 463 g/mol. The molecule has 2 heterocycles. The normalized spacial score (nSPS) is 15.6. The summed E-state index contributed by atoms with van der Waals surface area (Å²) in [5.74, 6) is 2.25. The lowest BCUT2D eigenvalue weighted by Crippen LogP contribution is -2.46. The molecule has 2 N–H and O–H groups in total. The first-order valence-electron chi connectivity index (χ1n) is 8.70. The van der Waals surface area contributed by atoms with Crippen LogP contribution >= 0.6 is 24.0 Å². The van der Waals surface area contributed by atoms with Gasteiger partial charge in [0.15, 0.2) is 5.96 Å². The Morgan fingerprint density at radius 3 is 2.72 bits per heavy atom. The number of rotatable bonds is 6. The molecule has 0 bridgehead atoms. The molecule has 2 rings (SSSR count). The van der Waals surface area contributed by atoms with Gasteiger partial charge >= 0.3 is 0 Å². The van der Waals surface area contributed by atoms with Crippen molar-refractivity contribution in [2.75, 3.05) is 40.3 Å². The summed E-state index contributed by atoms with van der Waals surface area (Å²) in [5.41, 5.74) is 0. The summed E-state index contributed by atoms with van der Waals surface area (Å²) in [6, 6.07) is 0. The molecule has 0 spiro atoms. The largest absolute Gasteiger partial charge is 0.356 e. The van der Waals surface area contributed by atoms with Crippen LogP contribution in [0.4, 0.5) is 0 Å². The summed E-state index contributed by atoms with van der Waals surface area (Å²) in [4.78, 5) is 24.4. The Bertz CT molecular complexity index is 525. The Balaban J connectivity index is 0.00000312. The highest BCUT2D eigenvalue weighted by atomic mass is 127. The molecular weight excluding hydrogens is 433 g/mol. The quantitative estimate of drug-likeness (QED) is 0.289. The number of nitrogens with zero attached hydrogens (tertiary/aromatic N) is 5. The molecule has 0 atom stereocenters. The molecule has 25 heavy (non-hydrogen) atoms. The maximum Gasteiger partial charge on any atom is 0.243 e. The molecule has 0 aromatic carbocycles. The lowest BCUT2D eigenvalue weighted by molar-refractivity contribution is -0.127. The van der Waals surface area contributed by atoms with E-state index in [1.807, 2.05) is 0 Å². The molecule has 1 saturated heterocycles. The van der Waals surface area contributed by atoms with Gasteiger partial charge in [-0.15, -0.1) is 24.0 Å². The second-order valence-corrected chi connectivity index (χ2v) is 6.34. The van der Waals surface area contributed by atoms with Crippen molar-refractivity contribution in [2.24, 2.45) is 4.99 Å². The van der Waals surface area contributed by atoms with E-state index in [0.29, 0.717) is 5.92 Å². The van der Waals surface area contributed by atoms with Gasteiger partial charge in [-0.05, 0) is 19.3 Å². The van der Waals surface area contributed by atoms with Crippen LogP contribution in [0, 0.1) is 0 Å². The molecule has 8 nitrogen and oxygen atoms in total. The van der Waals surface area contributed by atoms with Gasteiger partial charge in [0.1, 0.15) is 18.7 Å². The first kappa shape index (κ1) is 21.7. The van der Waals surface area contributed by atoms with Crippen molar-refractivity contribution in [3.05, 3.63) is 12.2 Å². The summed E-state index contributed by atoms with van der Waals surface area (Å²) >= 11 is 0. The Morgan fingerprint density at radius 2 is 2.16 bits per heavy atom. The summed E-state index contributed by atoms with van der Waals surface area (Å²) < 4.78 is 0. The predicted molar refractivity (Wildman–Crippen MR) is 109 cm³/mol. The lowest BCUT2D eigenvalue weighted by Gasteiger charge is -2.33. The van der Waals surface area contributed by atoms with Crippen LogP contribution in [0.25, 0.3) is 0 Å². The van der Waals surface area contributed by atoms with Gasteiger partial charge in [-0.25, -0.2) is 9.98 Å². The fourth-order valence-corrected chi connectivity index (χ4v) is 2.70. The van der Waals surface area contributed by atoms with E-state index in [4.69, 9.17) is 0 Å². The van der Waals surface area contributed by atoms with Crippen LogP contribution < -0.4 is 5.32 Å². The van der Waals surface area contributed by atoms with Crippen LogP contribution in [-0.4, -0.2) is 77.1 Å². The number of nitrogens with one attached hydrogen (secondary N) is 2. The van der Waals surface area contributed by atoms with Crippen molar-refractivity contribution >= 4 is 35.8 Å². The summed E-state index contributed by atoms with van der Waals surface area (Å²) in [6.45, 7) is 5.03. The topological polar surface area (TPSA) is 89.5 Å². The van der Waals surface area contributed by atoms with E-state index in [-0.39, 0.29) is 36.4 Å². The third-order valence-corrected chi connectivity index (χ3v) is 4.29. The number of aliphatic imine (C=N–C) groups is 1. The van der Waals surface area contributed by atoms with Gasteiger partial charge in [0.2, 0.25) is 5.91 Å². The average Bonchev–Trinajstić information content (AvgIpc) is 3.12. The highest BCUT2D eigenvalue weighted by Crippen LogP contribution is 2.24. The van der Waals surface area contributed by atoms with Gasteiger partial charge in [0.05, 0.1) is 0 Å². The standard InChI is InChI=1S/C16H29N7O.HI/c1-4-5-8-17-16(18-11-14(24)22(2)3)23-9-6-13(7-10-23)15-19-12-20-21-15;/h12-13H,4-11H2,1-3H3,(H,17,18)(H,19,20,21);1H.